The third-order valence-corrected chi connectivity index (χ3v) is 3.06. The van der Waals surface area contributed by atoms with Crippen LogP contribution in [0.3, 0.4) is 0 Å². The van der Waals surface area contributed by atoms with Gasteiger partial charge >= 0.3 is 5.97 Å². The molecular formula is C7H5ClN2O4S. The van der Waals surface area contributed by atoms with Gasteiger partial charge in [0, 0.05) is 10.7 Å². The van der Waals surface area contributed by atoms with Crippen molar-refractivity contribution in [2.75, 3.05) is 11.9 Å². The van der Waals surface area contributed by atoms with Crippen LogP contribution in [0.2, 0.25) is 0 Å². The fraction of sp³-hybridized carbons (Fsp3) is 0.143. The van der Waals surface area contributed by atoms with E-state index < -0.39 is 15.0 Å². The number of hydrogen-bond acceptors (Lipinski definition) is 6. The zero-order chi connectivity index (χ0) is 11.1. The van der Waals surface area contributed by atoms with E-state index in [4.69, 9.17) is 15.4 Å². The third kappa shape index (κ3) is 2.02. The Bertz CT molecular complexity index is 528. The van der Waals surface area contributed by atoms with Crippen LogP contribution < -0.4 is 10.1 Å². The smallest absolute Gasteiger partial charge is 0.332 e. The van der Waals surface area contributed by atoms with Crippen molar-refractivity contribution in [1.82, 2.24) is 4.98 Å². The summed E-state index contributed by atoms with van der Waals surface area (Å²) in [7, 11) is 1.31. The molecule has 0 aliphatic carbocycles. The second-order valence-electron chi connectivity index (χ2n) is 2.79. The lowest BCUT2D eigenvalue weighted by molar-refractivity contribution is -0.133. The summed E-state index contributed by atoms with van der Waals surface area (Å²) in [5, 5.41) is 2.66. The van der Waals surface area contributed by atoms with E-state index in [1.807, 2.05) is 0 Å². The first kappa shape index (κ1) is 10.2. The van der Waals surface area contributed by atoms with Crippen LogP contribution in [0.15, 0.2) is 17.2 Å². The molecule has 1 aromatic heterocycles. The van der Waals surface area contributed by atoms with E-state index in [0.717, 1.165) is 6.20 Å². The summed E-state index contributed by atoms with van der Waals surface area (Å²) in [6, 6.07) is 1.26. The minimum atomic E-state index is -3.82. The van der Waals surface area contributed by atoms with Crippen molar-refractivity contribution in [2.45, 2.75) is 4.90 Å². The predicted octanol–water partition coefficient (Wildman–Crippen LogP) is 0.340. The predicted molar refractivity (Wildman–Crippen MR) is 51.4 cm³/mol. The highest BCUT2D eigenvalue weighted by atomic mass is 35.7. The molecule has 1 aliphatic rings. The third-order valence-electron chi connectivity index (χ3n) is 1.74. The van der Waals surface area contributed by atoms with Crippen molar-refractivity contribution in [3.8, 4) is 5.88 Å². The van der Waals surface area contributed by atoms with Gasteiger partial charge in [0.1, 0.15) is 11.4 Å². The summed E-state index contributed by atoms with van der Waals surface area (Å²) in [5.74, 6) is -0.424. The van der Waals surface area contributed by atoms with Gasteiger partial charge in [-0.1, -0.05) is 0 Å². The molecule has 0 saturated heterocycles. The Morgan fingerprint density at radius 2 is 2.27 bits per heavy atom. The molecule has 1 N–H and O–H groups in total. The Morgan fingerprint density at radius 3 is 2.93 bits per heavy atom. The SMILES string of the molecule is O=C1CNc2cc(S(=O)(=O)Cl)cnc2O1. The van der Waals surface area contributed by atoms with Gasteiger partial charge in [-0.05, 0) is 6.07 Å². The number of halogens is 1. The molecule has 0 amide bonds. The molecular weight excluding hydrogens is 244 g/mol. The van der Waals surface area contributed by atoms with Crippen LogP contribution in [0.5, 0.6) is 5.88 Å². The number of pyridine rings is 1. The fourth-order valence-corrected chi connectivity index (χ4v) is 1.78. The summed E-state index contributed by atoms with van der Waals surface area (Å²) in [4.78, 5) is 14.4. The van der Waals surface area contributed by atoms with Gasteiger partial charge in [0.05, 0.1) is 11.9 Å². The lowest BCUT2D eigenvalue weighted by atomic mass is 10.3. The number of anilines is 1. The molecule has 2 rings (SSSR count). The molecule has 0 unspecified atom stereocenters. The van der Waals surface area contributed by atoms with Crippen LogP contribution in [0, 0.1) is 0 Å². The van der Waals surface area contributed by atoms with Crippen LogP contribution in [-0.2, 0) is 13.8 Å². The summed E-state index contributed by atoms with van der Waals surface area (Å²) < 4.78 is 26.7. The van der Waals surface area contributed by atoms with E-state index in [0.29, 0.717) is 5.69 Å². The molecule has 0 aromatic carbocycles. The molecule has 0 radical (unpaired) electrons. The lowest BCUT2D eigenvalue weighted by Gasteiger charge is -2.15. The molecule has 1 aromatic rings. The maximum atomic E-state index is 11.0. The molecule has 6 nitrogen and oxygen atoms in total. The van der Waals surface area contributed by atoms with Crippen molar-refractivity contribution in [2.24, 2.45) is 0 Å². The van der Waals surface area contributed by atoms with Gasteiger partial charge in [0.25, 0.3) is 9.05 Å². The van der Waals surface area contributed by atoms with Crippen molar-refractivity contribution < 1.29 is 17.9 Å². The summed E-state index contributed by atoms with van der Waals surface area (Å²) >= 11 is 0. The first-order valence-electron chi connectivity index (χ1n) is 3.86. The highest BCUT2D eigenvalue weighted by Crippen LogP contribution is 2.28. The zero-order valence-corrected chi connectivity index (χ0v) is 8.80. The first-order chi connectivity index (χ1) is 6.97. The lowest BCUT2D eigenvalue weighted by Crippen LogP contribution is -2.25. The number of aromatic nitrogens is 1. The van der Waals surface area contributed by atoms with E-state index in [9.17, 15) is 13.2 Å². The van der Waals surface area contributed by atoms with Crippen LogP contribution in [-0.4, -0.2) is 25.9 Å². The second-order valence-corrected chi connectivity index (χ2v) is 5.36. The standard InChI is InChI=1S/C7H5ClN2O4S/c8-15(12,13)4-1-5-7(10-2-4)14-6(11)3-9-5/h1-2,9H,3H2. The number of hydrogen-bond donors (Lipinski definition) is 1. The number of fused-ring (bicyclic) bond motifs is 1. The van der Waals surface area contributed by atoms with Crippen molar-refractivity contribution in [3.05, 3.63) is 12.3 Å². The Balaban J connectivity index is 2.48. The molecule has 0 spiro atoms. The largest absolute Gasteiger partial charge is 0.404 e. The number of esters is 1. The first-order valence-corrected chi connectivity index (χ1v) is 6.17. The van der Waals surface area contributed by atoms with Crippen molar-refractivity contribution >= 4 is 31.4 Å². The molecule has 0 bridgehead atoms. The second kappa shape index (κ2) is 3.35. The number of carbonyl (C=O) groups is 1. The minimum Gasteiger partial charge on any atom is -0.404 e. The maximum Gasteiger partial charge on any atom is 0.332 e. The quantitative estimate of drug-likeness (QED) is 0.570. The van der Waals surface area contributed by atoms with Crippen LogP contribution in [0.4, 0.5) is 5.69 Å². The molecule has 0 fully saturated rings. The van der Waals surface area contributed by atoms with E-state index in [1.165, 1.54) is 6.07 Å². The van der Waals surface area contributed by atoms with E-state index in [1.54, 1.807) is 0 Å². The van der Waals surface area contributed by atoms with Crippen LogP contribution >= 0.6 is 10.7 Å². The van der Waals surface area contributed by atoms with Crippen molar-refractivity contribution in [3.63, 3.8) is 0 Å². The number of carbonyl (C=O) groups excluding carboxylic acids is 1. The average molecular weight is 249 g/mol. The molecule has 2 heterocycles. The normalized spacial score (nSPS) is 15.1. The molecule has 0 atom stereocenters. The van der Waals surface area contributed by atoms with Gasteiger partial charge in [0.15, 0.2) is 0 Å². The maximum absolute atomic E-state index is 11.0. The minimum absolute atomic E-state index is 0.0273. The summed E-state index contributed by atoms with van der Waals surface area (Å²) in [5.41, 5.74) is 0.330. The molecule has 15 heavy (non-hydrogen) atoms. The molecule has 80 valence electrons. The van der Waals surface area contributed by atoms with E-state index in [-0.39, 0.29) is 17.3 Å². The van der Waals surface area contributed by atoms with Crippen LogP contribution in [0.1, 0.15) is 0 Å². The Kier molecular flexibility index (Phi) is 2.28. The van der Waals surface area contributed by atoms with Crippen molar-refractivity contribution in [1.29, 1.82) is 0 Å². The van der Waals surface area contributed by atoms with Gasteiger partial charge in [0.2, 0.25) is 5.88 Å². The summed E-state index contributed by atoms with van der Waals surface area (Å²) in [6.07, 6.45) is 1.03. The van der Waals surface area contributed by atoms with Gasteiger partial charge < -0.3 is 10.1 Å². The summed E-state index contributed by atoms with van der Waals surface area (Å²) in [6.45, 7) is -0.0273. The number of rotatable bonds is 1. The zero-order valence-electron chi connectivity index (χ0n) is 7.23. The highest BCUT2D eigenvalue weighted by molar-refractivity contribution is 8.13. The average Bonchev–Trinajstić information content (AvgIpc) is 2.15. The highest BCUT2D eigenvalue weighted by Gasteiger charge is 2.20. The Morgan fingerprint density at radius 1 is 1.53 bits per heavy atom. The van der Waals surface area contributed by atoms with E-state index in [2.05, 4.69) is 10.3 Å². The van der Waals surface area contributed by atoms with Gasteiger partial charge in [-0.25, -0.2) is 18.2 Å². The van der Waals surface area contributed by atoms with Gasteiger partial charge in [-0.2, -0.15) is 0 Å². The molecule has 8 heteroatoms. The topological polar surface area (TPSA) is 85.4 Å². The number of nitrogens with zero attached hydrogens (tertiary/aromatic N) is 1. The number of ether oxygens (including phenoxy) is 1. The molecule has 0 saturated carbocycles. The van der Waals surface area contributed by atoms with Gasteiger partial charge in [-0.3, -0.25) is 0 Å². The fourth-order valence-electron chi connectivity index (χ4n) is 1.09. The monoisotopic (exact) mass is 248 g/mol. The van der Waals surface area contributed by atoms with Gasteiger partial charge in [-0.15, -0.1) is 0 Å². The van der Waals surface area contributed by atoms with Crippen LogP contribution in [0.25, 0.3) is 0 Å². The Hall–Kier alpha value is -1.34. The number of nitrogens with one attached hydrogen (secondary N) is 1. The van der Waals surface area contributed by atoms with E-state index >= 15 is 0 Å². The molecule has 1 aliphatic heterocycles. The Labute approximate surface area is 89.6 Å².